The lowest BCUT2D eigenvalue weighted by atomic mass is 9.92. The number of nitrogens with zero attached hydrogens (tertiary/aromatic N) is 2. The number of halogens is 1. The molecule has 2 amide bonds. The molecule has 0 spiro atoms. The number of anilines is 1. The van der Waals surface area contributed by atoms with Crippen LogP contribution in [0.1, 0.15) is 51.9 Å². The standard InChI is InChI=1S/C23H36BrN3O2/c1-5-7-8-22(26(3)17-6-2)29-21-15-13-20(14-16-21)27(4)23(28)25-19-11-9-18(24)10-12-19/h6,9-12,20-22H,2,5,7-8,13-17H2,1,3-4H3,(H,25,28). The van der Waals surface area contributed by atoms with Crippen LogP contribution in [0.3, 0.4) is 0 Å². The Morgan fingerprint density at radius 3 is 2.52 bits per heavy atom. The number of ether oxygens (including phenoxy) is 1. The number of rotatable bonds is 10. The van der Waals surface area contributed by atoms with Crippen LogP contribution in [0.4, 0.5) is 10.5 Å². The van der Waals surface area contributed by atoms with E-state index in [1.165, 1.54) is 12.8 Å². The van der Waals surface area contributed by atoms with E-state index in [1.807, 2.05) is 42.3 Å². The predicted molar refractivity (Wildman–Crippen MR) is 124 cm³/mol. The van der Waals surface area contributed by atoms with Crippen molar-refractivity contribution in [2.24, 2.45) is 0 Å². The van der Waals surface area contributed by atoms with Crippen molar-refractivity contribution in [1.29, 1.82) is 0 Å². The zero-order chi connectivity index (χ0) is 21.2. The molecule has 0 radical (unpaired) electrons. The molecule has 1 aromatic carbocycles. The number of unbranched alkanes of at least 4 members (excludes halogenated alkanes) is 1. The number of hydrogen-bond acceptors (Lipinski definition) is 3. The molecule has 29 heavy (non-hydrogen) atoms. The number of amides is 2. The minimum Gasteiger partial charge on any atom is -0.360 e. The molecule has 1 fully saturated rings. The van der Waals surface area contributed by atoms with Gasteiger partial charge in [0.2, 0.25) is 0 Å². The average Bonchev–Trinajstić information content (AvgIpc) is 2.72. The fourth-order valence-electron chi connectivity index (χ4n) is 3.79. The van der Waals surface area contributed by atoms with Crippen LogP contribution in [-0.4, -0.2) is 54.8 Å². The van der Waals surface area contributed by atoms with Crippen LogP contribution in [0.2, 0.25) is 0 Å². The molecule has 5 nitrogen and oxygen atoms in total. The van der Waals surface area contributed by atoms with Gasteiger partial charge in [-0.1, -0.05) is 35.4 Å². The Balaban J connectivity index is 1.82. The molecular weight excluding hydrogens is 430 g/mol. The summed E-state index contributed by atoms with van der Waals surface area (Å²) >= 11 is 3.41. The third kappa shape index (κ3) is 7.76. The number of benzene rings is 1. The van der Waals surface area contributed by atoms with Crippen molar-refractivity contribution in [1.82, 2.24) is 9.80 Å². The van der Waals surface area contributed by atoms with Crippen LogP contribution >= 0.6 is 15.9 Å². The first kappa shape index (κ1) is 23.9. The van der Waals surface area contributed by atoms with Crippen molar-refractivity contribution in [3.05, 3.63) is 41.4 Å². The minimum atomic E-state index is -0.0526. The zero-order valence-corrected chi connectivity index (χ0v) is 19.7. The molecule has 0 heterocycles. The summed E-state index contributed by atoms with van der Waals surface area (Å²) in [5.74, 6) is 0. The number of nitrogens with one attached hydrogen (secondary N) is 1. The molecule has 162 valence electrons. The first-order valence-corrected chi connectivity index (χ1v) is 11.5. The molecule has 0 aromatic heterocycles. The lowest BCUT2D eigenvalue weighted by Gasteiger charge is -2.37. The van der Waals surface area contributed by atoms with Gasteiger partial charge in [0.05, 0.1) is 6.10 Å². The van der Waals surface area contributed by atoms with Crippen LogP contribution in [0.15, 0.2) is 41.4 Å². The first-order valence-electron chi connectivity index (χ1n) is 10.7. The van der Waals surface area contributed by atoms with Crippen molar-refractivity contribution in [3.63, 3.8) is 0 Å². The molecular formula is C23H36BrN3O2. The van der Waals surface area contributed by atoms with Crippen molar-refractivity contribution < 1.29 is 9.53 Å². The number of hydrogen-bond donors (Lipinski definition) is 1. The summed E-state index contributed by atoms with van der Waals surface area (Å²) in [6.07, 6.45) is 9.66. The van der Waals surface area contributed by atoms with Gasteiger partial charge in [-0.25, -0.2) is 4.79 Å². The van der Waals surface area contributed by atoms with Crippen molar-refractivity contribution >= 4 is 27.6 Å². The molecule has 0 bridgehead atoms. The monoisotopic (exact) mass is 465 g/mol. The maximum Gasteiger partial charge on any atom is 0.321 e. The quantitative estimate of drug-likeness (QED) is 0.346. The van der Waals surface area contributed by atoms with E-state index in [0.29, 0.717) is 0 Å². The molecule has 6 heteroatoms. The first-order chi connectivity index (χ1) is 13.9. The van der Waals surface area contributed by atoms with E-state index in [2.05, 4.69) is 46.7 Å². The van der Waals surface area contributed by atoms with E-state index in [4.69, 9.17) is 4.74 Å². The van der Waals surface area contributed by atoms with Gasteiger partial charge >= 0.3 is 6.03 Å². The second-order valence-electron chi connectivity index (χ2n) is 7.94. The van der Waals surface area contributed by atoms with Crippen molar-refractivity contribution in [2.75, 3.05) is 26.0 Å². The van der Waals surface area contributed by atoms with Crippen LogP contribution in [0.25, 0.3) is 0 Å². The van der Waals surface area contributed by atoms with Crippen LogP contribution in [-0.2, 0) is 4.74 Å². The van der Waals surface area contributed by atoms with Gasteiger partial charge in [0.25, 0.3) is 0 Å². The second-order valence-corrected chi connectivity index (χ2v) is 8.86. The highest BCUT2D eigenvalue weighted by Gasteiger charge is 2.29. The van der Waals surface area contributed by atoms with Gasteiger partial charge in [-0.15, -0.1) is 6.58 Å². The summed E-state index contributed by atoms with van der Waals surface area (Å²) in [5.41, 5.74) is 0.811. The number of urea groups is 1. The normalized spacial score (nSPS) is 20.3. The Morgan fingerprint density at radius 1 is 1.28 bits per heavy atom. The van der Waals surface area contributed by atoms with Gasteiger partial charge < -0.3 is 15.0 Å². The van der Waals surface area contributed by atoms with E-state index in [-0.39, 0.29) is 24.4 Å². The molecule has 0 aliphatic heterocycles. The minimum absolute atomic E-state index is 0.0526. The Hall–Kier alpha value is -1.37. The molecule has 1 aromatic rings. The predicted octanol–water partition coefficient (Wildman–Crippen LogP) is 5.87. The molecule has 1 aliphatic carbocycles. The molecule has 1 aliphatic rings. The fraction of sp³-hybridized carbons (Fsp3) is 0.609. The Labute approximate surface area is 184 Å². The van der Waals surface area contributed by atoms with E-state index >= 15 is 0 Å². The molecule has 1 N–H and O–H groups in total. The zero-order valence-electron chi connectivity index (χ0n) is 18.1. The smallest absolute Gasteiger partial charge is 0.321 e. The third-order valence-electron chi connectivity index (χ3n) is 5.67. The second kappa shape index (κ2) is 12.4. The van der Waals surface area contributed by atoms with Crippen LogP contribution < -0.4 is 5.32 Å². The summed E-state index contributed by atoms with van der Waals surface area (Å²) in [6.45, 7) is 6.90. The van der Waals surface area contributed by atoms with Gasteiger partial charge in [-0.05, 0) is 69.8 Å². The van der Waals surface area contributed by atoms with E-state index in [1.54, 1.807) is 0 Å². The SMILES string of the molecule is C=CCN(C)C(CCCC)OC1CCC(N(C)C(=O)Nc2ccc(Br)cc2)CC1. The highest BCUT2D eigenvalue weighted by atomic mass is 79.9. The topological polar surface area (TPSA) is 44.8 Å². The van der Waals surface area contributed by atoms with Crippen molar-refractivity contribution in [2.45, 2.75) is 70.2 Å². The maximum atomic E-state index is 12.6. The summed E-state index contributed by atoms with van der Waals surface area (Å²) < 4.78 is 7.46. The number of likely N-dealkylation sites (N-methyl/N-ethyl adjacent to an activating group) is 1. The summed E-state index contributed by atoms with van der Waals surface area (Å²) in [6, 6.07) is 7.86. The largest absolute Gasteiger partial charge is 0.360 e. The lowest BCUT2D eigenvalue weighted by molar-refractivity contribution is -0.105. The highest BCUT2D eigenvalue weighted by molar-refractivity contribution is 9.10. The van der Waals surface area contributed by atoms with Gasteiger partial charge in [0.1, 0.15) is 6.23 Å². The summed E-state index contributed by atoms with van der Waals surface area (Å²) in [7, 11) is 4.00. The van der Waals surface area contributed by atoms with E-state index in [0.717, 1.165) is 48.8 Å². The number of carbonyl (C=O) groups excluding carboxylic acids is 1. The Kier molecular flexibility index (Phi) is 10.2. The van der Waals surface area contributed by atoms with Gasteiger partial charge in [-0.3, -0.25) is 4.90 Å². The molecule has 1 unspecified atom stereocenters. The van der Waals surface area contributed by atoms with Gasteiger partial charge in [0.15, 0.2) is 0 Å². The summed E-state index contributed by atoms with van der Waals surface area (Å²) in [5, 5.41) is 2.98. The maximum absolute atomic E-state index is 12.6. The molecule has 1 saturated carbocycles. The van der Waals surface area contributed by atoms with Gasteiger partial charge in [-0.2, -0.15) is 0 Å². The average molecular weight is 466 g/mol. The van der Waals surface area contributed by atoms with Crippen molar-refractivity contribution in [3.8, 4) is 0 Å². The highest BCUT2D eigenvalue weighted by Crippen LogP contribution is 2.27. The van der Waals surface area contributed by atoms with Gasteiger partial charge in [0, 0.05) is 29.8 Å². The Morgan fingerprint density at radius 2 is 1.93 bits per heavy atom. The number of carbonyl (C=O) groups is 1. The lowest BCUT2D eigenvalue weighted by Crippen LogP contribution is -2.44. The molecule has 0 saturated heterocycles. The van der Waals surface area contributed by atoms with Crippen LogP contribution in [0, 0.1) is 0 Å². The van der Waals surface area contributed by atoms with Crippen LogP contribution in [0.5, 0.6) is 0 Å². The molecule has 2 rings (SSSR count). The third-order valence-corrected chi connectivity index (χ3v) is 6.20. The molecule has 1 atom stereocenters. The fourth-order valence-corrected chi connectivity index (χ4v) is 4.06. The summed E-state index contributed by atoms with van der Waals surface area (Å²) in [4.78, 5) is 16.7. The van der Waals surface area contributed by atoms with E-state index < -0.39 is 0 Å². The van der Waals surface area contributed by atoms with E-state index in [9.17, 15) is 4.79 Å². The Bertz CT molecular complexity index is 630.